The molecule has 0 aliphatic carbocycles. The molecule has 0 aliphatic rings. The van der Waals surface area contributed by atoms with Crippen LogP contribution in [0, 0.1) is 0 Å². The summed E-state index contributed by atoms with van der Waals surface area (Å²) in [5.74, 6) is 1.26. The van der Waals surface area contributed by atoms with Gasteiger partial charge in [-0.25, -0.2) is 0 Å². The Morgan fingerprint density at radius 1 is 1.71 bits per heavy atom. The molecule has 1 unspecified atom stereocenters. The molecular weight excluding hydrogens is 147 g/mol. The Bertz CT molecular complexity index is 30.9. The van der Waals surface area contributed by atoms with Crippen LogP contribution in [0.2, 0.25) is 0 Å². The molecule has 44 valence electrons. The molecule has 0 aromatic carbocycles. The smallest absolute Gasteiger partial charge is 0.0247 e. The molecule has 0 fully saturated rings. The van der Waals surface area contributed by atoms with Gasteiger partial charge in [0.1, 0.15) is 0 Å². The number of thioether (sulfide) groups is 1. The van der Waals surface area contributed by atoms with Crippen LogP contribution in [-0.2, 0) is 0 Å². The highest BCUT2D eigenvalue weighted by molar-refractivity contribution is 8.05. The van der Waals surface area contributed by atoms with Crippen LogP contribution in [0.15, 0.2) is 0 Å². The second kappa shape index (κ2) is 7.07. The summed E-state index contributed by atoms with van der Waals surface area (Å²) in [5, 5.41) is 0. The van der Waals surface area contributed by atoms with Crippen molar-refractivity contribution in [3.8, 4) is 0 Å². The molecule has 0 saturated carbocycles. The molecule has 0 rings (SSSR count). The molecule has 3 heteroatoms. The highest BCUT2D eigenvalue weighted by Gasteiger charge is 1.80. The Labute approximate surface area is 56.0 Å². The number of halogens is 1. The van der Waals surface area contributed by atoms with Gasteiger partial charge in [0.15, 0.2) is 0 Å². The summed E-state index contributed by atoms with van der Waals surface area (Å²) in [7, 11) is 0.603. The molecule has 0 aromatic heterocycles. The third-order valence-electron chi connectivity index (χ3n) is 0.505. The number of hydrogen-bond acceptors (Lipinski definition) is 1. The molecule has 0 heterocycles. The minimum Gasteiger partial charge on any atom is -0.156 e. The Kier molecular flexibility index (Phi) is 8.15. The van der Waals surface area contributed by atoms with Gasteiger partial charge in [-0.05, 0) is 20.1 Å². The van der Waals surface area contributed by atoms with Crippen LogP contribution in [0.5, 0.6) is 0 Å². The van der Waals surface area contributed by atoms with E-state index in [0.29, 0.717) is 7.93 Å². The van der Waals surface area contributed by atoms with E-state index in [2.05, 4.69) is 6.92 Å². The molecule has 0 N–H and O–H groups in total. The van der Waals surface area contributed by atoms with Crippen LogP contribution < -0.4 is 0 Å². The van der Waals surface area contributed by atoms with Crippen molar-refractivity contribution in [1.29, 1.82) is 0 Å². The predicted octanol–water partition coefficient (Wildman–Crippen LogP) is 2.92. The van der Waals surface area contributed by atoms with E-state index in [1.165, 1.54) is 12.2 Å². The van der Waals surface area contributed by atoms with Gasteiger partial charge in [0, 0.05) is 5.49 Å². The second-order valence-corrected chi connectivity index (χ2v) is 4.23. The maximum atomic E-state index is 5.44. The maximum Gasteiger partial charge on any atom is 0.0247 e. The summed E-state index contributed by atoms with van der Waals surface area (Å²) >= 11 is 7.38. The van der Waals surface area contributed by atoms with E-state index in [0.717, 1.165) is 5.49 Å². The van der Waals surface area contributed by atoms with Crippen molar-refractivity contribution in [2.75, 3.05) is 11.2 Å². The molecule has 0 nitrogen and oxygen atoms in total. The van der Waals surface area contributed by atoms with Crippen LogP contribution in [-0.4, -0.2) is 11.2 Å². The van der Waals surface area contributed by atoms with E-state index in [4.69, 9.17) is 11.2 Å². The van der Waals surface area contributed by atoms with Gasteiger partial charge in [-0.3, -0.25) is 0 Å². The van der Waals surface area contributed by atoms with E-state index in [1.54, 1.807) is 0 Å². The summed E-state index contributed by atoms with van der Waals surface area (Å²) < 4.78 is 0. The Morgan fingerprint density at radius 2 is 2.43 bits per heavy atom. The van der Waals surface area contributed by atoms with Gasteiger partial charge in [-0.15, -0.1) is 0 Å². The zero-order chi connectivity index (χ0) is 5.54. The van der Waals surface area contributed by atoms with Crippen molar-refractivity contribution >= 4 is 30.9 Å². The van der Waals surface area contributed by atoms with Crippen LogP contribution in [0.1, 0.15) is 13.3 Å². The average molecular weight is 157 g/mol. The maximum absolute atomic E-state index is 5.44. The van der Waals surface area contributed by atoms with Crippen LogP contribution in [0.4, 0.5) is 0 Å². The lowest BCUT2D eigenvalue weighted by Gasteiger charge is -1.90. The molecular formula is C4H10ClPS. The van der Waals surface area contributed by atoms with Gasteiger partial charge in [0.25, 0.3) is 0 Å². The lowest BCUT2D eigenvalue weighted by molar-refractivity contribution is 1.11. The molecule has 0 aromatic rings. The third-order valence-corrected chi connectivity index (χ3v) is 3.44. The van der Waals surface area contributed by atoms with Gasteiger partial charge < -0.3 is 0 Å². The summed E-state index contributed by atoms with van der Waals surface area (Å²) in [4.78, 5) is 0. The first-order valence-electron chi connectivity index (χ1n) is 2.33. The van der Waals surface area contributed by atoms with Crippen LogP contribution in [0.3, 0.4) is 0 Å². The second-order valence-electron chi connectivity index (χ2n) is 1.19. The first-order valence-corrected chi connectivity index (χ1v) is 5.70. The molecule has 0 bridgehead atoms. The van der Waals surface area contributed by atoms with Crippen molar-refractivity contribution in [3.05, 3.63) is 0 Å². The molecule has 0 saturated heterocycles. The first kappa shape index (κ1) is 8.07. The average Bonchev–Trinajstić information content (AvgIpc) is 1.69. The molecule has 7 heavy (non-hydrogen) atoms. The van der Waals surface area contributed by atoms with E-state index in [-0.39, 0.29) is 0 Å². The van der Waals surface area contributed by atoms with Crippen LogP contribution in [0.25, 0.3) is 0 Å². The minimum atomic E-state index is 0.603. The first-order chi connectivity index (χ1) is 3.41. The SMILES string of the molecule is CCCSCPCl. The minimum absolute atomic E-state index is 0.603. The van der Waals surface area contributed by atoms with Crippen molar-refractivity contribution < 1.29 is 0 Å². The van der Waals surface area contributed by atoms with Crippen molar-refractivity contribution in [2.45, 2.75) is 13.3 Å². The quantitative estimate of drug-likeness (QED) is 0.446. The number of hydrogen-bond donors (Lipinski definition) is 0. The highest BCUT2D eigenvalue weighted by Crippen LogP contribution is 2.22. The molecule has 1 atom stereocenters. The lowest BCUT2D eigenvalue weighted by Crippen LogP contribution is -1.70. The Balaban J connectivity index is 2.45. The van der Waals surface area contributed by atoms with E-state index in [1.807, 2.05) is 11.8 Å². The Hall–Kier alpha value is 1.07. The third kappa shape index (κ3) is 7.07. The van der Waals surface area contributed by atoms with E-state index >= 15 is 0 Å². The summed E-state index contributed by atoms with van der Waals surface area (Å²) in [5.41, 5.74) is 1.13. The number of rotatable bonds is 4. The molecule has 0 spiro atoms. The monoisotopic (exact) mass is 156 g/mol. The highest BCUT2D eigenvalue weighted by atomic mass is 35.7. The van der Waals surface area contributed by atoms with Crippen LogP contribution >= 0.6 is 30.9 Å². The summed E-state index contributed by atoms with van der Waals surface area (Å²) in [6, 6.07) is 0. The predicted molar refractivity (Wildman–Crippen MR) is 41.8 cm³/mol. The zero-order valence-corrected chi connectivity index (χ0v) is 6.98. The van der Waals surface area contributed by atoms with Gasteiger partial charge in [0.2, 0.25) is 0 Å². The molecule has 0 amide bonds. The van der Waals surface area contributed by atoms with Crippen molar-refractivity contribution in [1.82, 2.24) is 0 Å². The Morgan fingerprint density at radius 3 is 2.86 bits per heavy atom. The topological polar surface area (TPSA) is 0 Å². The summed E-state index contributed by atoms with van der Waals surface area (Å²) in [6.07, 6.45) is 1.27. The standard InChI is InChI=1S/C4H10ClPS/c1-2-3-7-4-6-5/h6H,2-4H2,1H3. The van der Waals surface area contributed by atoms with Gasteiger partial charge in [0.05, 0.1) is 0 Å². The van der Waals surface area contributed by atoms with E-state index < -0.39 is 0 Å². The van der Waals surface area contributed by atoms with Gasteiger partial charge in [-0.1, -0.05) is 18.2 Å². The van der Waals surface area contributed by atoms with Crippen molar-refractivity contribution in [2.24, 2.45) is 0 Å². The largest absolute Gasteiger partial charge is 0.156 e. The van der Waals surface area contributed by atoms with Gasteiger partial charge >= 0.3 is 0 Å². The molecule has 0 radical (unpaired) electrons. The fourth-order valence-corrected chi connectivity index (χ4v) is 2.12. The molecule has 0 aliphatic heterocycles. The zero-order valence-electron chi connectivity index (χ0n) is 4.41. The van der Waals surface area contributed by atoms with E-state index in [9.17, 15) is 0 Å². The fourth-order valence-electron chi connectivity index (χ4n) is 0.255. The fraction of sp³-hybridized carbons (Fsp3) is 1.00. The van der Waals surface area contributed by atoms with Crippen molar-refractivity contribution in [3.63, 3.8) is 0 Å². The lowest BCUT2D eigenvalue weighted by atomic mass is 10.6. The van der Waals surface area contributed by atoms with Gasteiger partial charge in [-0.2, -0.15) is 11.8 Å². The summed E-state index contributed by atoms with van der Waals surface area (Å²) in [6.45, 7) is 2.18. The normalized spacial score (nSPS) is 11.1.